The molecular weight excluding hydrogens is 136 g/mol. The summed E-state index contributed by atoms with van der Waals surface area (Å²) in [5.41, 5.74) is 5.72. The number of piperidine rings is 1. The van der Waals surface area contributed by atoms with Crippen molar-refractivity contribution in [1.29, 1.82) is 0 Å². The average molecular weight is 156 g/mol. The summed E-state index contributed by atoms with van der Waals surface area (Å²) in [4.78, 5) is 2.48. The fraction of sp³-hybridized carbons (Fsp3) is 1.00. The Morgan fingerprint density at radius 2 is 2.00 bits per heavy atom. The molecule has 2 N–H and O–H groups in total. The van der Waals surface area contributed by atoms with E-state index >= 15 is 0 Å². The molecule has 11 heavy (non-hydrogen) atoms. The van der Waals surface area contributed by atoms with Crippen LogP contribution in [0.25, 0.3) is 0 Å². The fourth-order valence-electron chi connectivity index (χ4n) is 1.65. The topological polar surface area (TPSA) is 29.3 Å². The summed E-state index contributed by atoms with van der Waals surface area (Å²) in [5, 5.41) is 0. The van der Waals surface area contributed by atoms with Gasteiger partial charge in [-0.2, -0.15) is 0 Å². The number of likely N-dealkylation sites (tertiary alicyclic amines) is 1. The molecule has 1 heterocycles. The van der Waals surface area contributed by atoms with Gasteiger partial charge < -0.3 is 10.6 Å². The molecule has 1 aliphatic rings. The summed E-state index contributed by atoms with van der Waals surface area (Å²) < 4.78 is 0. The average Bonchev–Trinajstić information content (AvgIpc) is 1.93. The molecule has 0 amide bonds. The lowest BCUT2D eigenvalue weighted by atomic mass is 9.99. The second-order valence-electron chi connectivity index (χ2n) is 3.96. The number of rotatable bonds is 2. The lowest BCUT2D eigenvalue weighted by Crippen LogP contribution is -2.40. The third-order valence-corrected chi connectivity index (χ3v) is 2.42. The molecule has 0 saturated carbocycles. The van der Waals surface area contributed by atoms with Gasteiger partial charge in [-0.15, -0.1) is 0 Å². The second kappa shape index (κ2) is 4.07. The van der Waals surface area contributed by atoms with Crippen molar-refractivity contribution < 1.29 is 0 Å². The molecule has 1 saturated heterocycles. The Bertz CT molecular complexity index is 104. The van der Waals surface area contributed by atoms with E-state index in [2.05, 4.69) is 18.7 Å². The maximum absolute atomic E-state index is 5.72. The van der Waals surface area contributed by atoms with Crippen molar-refractivity contribution in [3.05, 3.63) is 0 Å². The standard InChI is InChI=1S/C9H20N2/c1-8-3-5-11(6-4-8)7-9(2)10/h8-9H,3-7,10H2,1-2H3/t9-/m1/s1. The van der Waals surface area contributed by atoms with Crippen LogP contribution in [-0.4, -0.2) is 30.6 Å². The van der Waals surface area contributed by atoms with Crippen molar-refractivity contribution in [2.45, 2.75) is 32.7 Å². The molecule has 66 valence electrons. The third kappa shape index (κ3) is 3.21. The van der Waals surface area contributed by atoms with Crippen LogP contribution in [0.15, 0.2) is 0 Å². The van der Waals surface area contributed by atoms with E-state index in [1.165, 1.54) is 25.9 Å². The summed E-state index contributed by atoms with van der Waals surface area (Å²) in [6.07, 6.45) is 2.71. The summed E-state index contributed by atoms with van der Waals surface area (Å²) in [6.45, 7) is 8.00. The van der Waals surface area contributed by atoms with E-state index < -0.39 is 0 Å². The highest BCUT2D eigenvalue weighted by molar-refractivity contribution is 4.71. The molecule has 0 spiro atoms. The molecule has 0 aromatic rings. The van der Waals surface area contributed by atoms with E-state index in [0.717, 1.165) is 12.5 Å². The highest BCUT2D eigenvalue weighted by atomic mass is 15.1. The number of hydrogen-bond donors (Lipinski definition) is 1. The normalized spacial score (nSPS) is 25.4. The molecule has 0 radical (unpaired) electrons. The Balaban J connectivity index is 2.17. The first-order valence-electron chi connectivity index (χ1n) is 4.66. The molecule has 2 nitrogen and oxygen atoms in total. The predicted octanol–water partition coefficient (Wildman–Crippen LogP) is 1.07. The smallest absolute Gasteiger partial charge is 0.0139 e. The number of nitrogens with zero attached hydrogens (tertiary/aromatic N) is 1. The van der Waals surface area contributed by atoms with Crippen LogP contribution in [0, 0.1) is 5.92 Å². The van der Waals surface area contributed by atoms with Gasteiger partial charge in [0.25, 0.3) is 0 Å². The van der Waals surface area contributed by atoms with Crippen LogP contribution in [0.1, 0.15) is 26.7 Å². The minimum absolute atomic E-state index is 0.336. The first-order chi connectivity index (χ1) is 5.18. The molecule has 0 bridgehead atoms. The van der Waals surface area contributed by atoms with Crippen LogP contribution < -0.4 is 5.73 Å². The van der Waals surface area contributed by atoms with E-state index in [9.17, 15) is 0 Å². The lowest BCUT2D eigenvalue weighted by Gasteiger charge is -2.31. The minimum Gasteiger partial charge on any atom is -0.327 e. The van der Waals surface area contributed by atoms with Gasteiger partial charge in [-0.25, -0.2) is 0 Å². The van der Waals surface area contributed by atoms with E-state index in [4.69, 9.17) is 5.73 Å². The van der Waals surface area contributed by atoms with Gasteiger partial charge in [-0.3, -0.25) is 0 Å². The highest BCUT2D eigenvalue weighted by Gasteiger charge is 2.15. The lowest BCUT2D eigenvalue weighted by molar-refractivity contribution is 0.185. The maximum Gasteiger partial charge on any atom is 0.0139 e. The van der Waals surface area contributed by atoms with Crippen molar-refractivity contribution in [1.82, 2.24) is 4.90 Å². The van der Waals surface area contributed by atoms with Crippen molar-refractivity contribution in [2.24, 2.45) is 11.7 Å². The van der Waals surface area contributed by atoms with Gasteiger partial charge in [0.2, 0.25) is 0 Å². The zero-order valence-electron chi connectivity index (χ0n) is 7.71. The maximum atomic E-state index is 5.72. The van der Waals surface area contributed by atoms with Crippen LogP contribution in [0.2, 0.25) is 0 Å². The van der Waals surface area contributed by atoms with Crippen LogP contribution in [0.5, 0.6) is 0 Å². The highest BCUT2D eigenvalue weighted by Crippen LogP contribution is 2.15. The van der Waals surface area contributed by atoms with Gasteiger partial charge in [0.1, 0.15) is 0 Å². The molecule has 1 rings (SSSR count). The SMILES string of the molecule is CC1CCN(C[C@@H](C)N)CC1. The van der Waals surface area contributed by atoms with E-state index in [1.807, 2.05) is 0 Å². The van der Waals surface area contributed by atoms with Crippen molar-refractivity contribution in [3.8, 4) is 0 Å². The minimum atomic E-state index is 0.336. The molecule has 0 aromatic carbocycles. The molecule has 0 aliphatic carbocycles. The first kappa shape index (κ1) is 9.01. The summed E-state index contributed by atoms with van der Waals surface area (Å²) in [5.74, 6) is 0.930. The van der Waals surface area contributed by atoms with Crippen LogP contribution in [0.4, 0.5) is 0 Å². The van der Waals surface area contributed by atoms with Gasteiger partial charge in [-0.1, -0.05) is 6.92 Å². The molecule has 2 heteroatoms. The summed E-state index contributed by atoms with van der Waals surface area (Å²) >= 11 is 0. The Morgan fingerprint density at radius 3 is 2.45 bits per heavy atom. The monoisotopic (exact) mass is 156 g/mol. The van der Waals surface area contributed by atoms with Crippen LogP contribution in [0.3, 0.4) is 0 Å². The third-order valence-electron chi connectivity index (χ3n) is 2.42. The number of hydrogen-bond acceptors (Lipinski definition) is 2. The zero-order chi connectivity index (χ0) is 8.27. The Hall–Kier alpha value is -0.0800. The van der Waals surface area contributed by atoms with Crippen molar-refractivity contribution in [3.63, 3.8) is 0 Å². The molecule has 0 unspecified atom stereocenters. The molecule has 0 aromatic heterocycles. The Labute approximate surface area is 69.8 Å². The van der Waals surface area contributed by atoms with Crippen LogP contribution >= 0.6 is 0 Å². The predicted molar refractivity (Wildman–Crippen MR) is 48.5 cm³/mol. The molecular formula is C9H20N2. The van der Waals surface area contributed by atoms with Crippen molar-refractivity contribution >= 4 is 0 Å². The van der Waals surface area contributed by atoms with Gasteiger partial charge in [-0.05, 0) is 38.8 Å². The van der Waals surface area contributed by atoms with Gasteiger partial charge in [0.05, 0.1) is 0 Å². The van der Waals surface area contributed by atoms with Gasteiger partial charge in [0.15, 0.2) is 0 Å². The molecule has 1 aliphatic heterocycles. The first-order valence-corrected chi connectivity index (χ1v) is 4.66. The van der Waals surface area contributed by atoms with E-state index in [-0.39, 0.29) is 0 Å². The van der Waals surface area contributed by atoms with Crippen LogP contribution in [-0.2, 0) is 0 Å². The Kier molecular flexibility index (Phi) is 3.34. The van der Waals surface area contributed by atoms with E-state index in [1.54, 1.807) is 0 Å². The van der Waals surface area contributed by atoms with Gasteiger partial charge in [0, 0.05) is 12.6 Å². The quantitative estimate of drug-likeness (QED) is 0.648. The molecule has 1 fully saturated rings. The summed E-state index contributed by atoms with van der Waals surface area (Å²) in [6, 6.07) is 0.336. The second-order valence-corrected chi connectivity index (χ2v) is 3.96. The Morgan fingerprint density at radius 1 is 1.45 bits per heavy atom. The zero-order valence-corrected chi connectivity index (χ0v) is 7.71. The largest absolute Gasteiger partial charge is 0.327 e. The van der Waals surface area contributed by atoms with Gasteiger partial charge >= 0.3 is 0 Å². The number of nitrogens with two attached hydrogens (primary N) is 1. The van der Waals surface area contributed by atoms with E-state index in [0.29, 0.717) is 6.04 Å². The fourth-order valence-corrected chi connectivity index (χ4v) is 1.65. The van der Waals surface area contributed by atoms with Crippen molar-refractivity contribution in [2.75, 3.05) is 19.6 Å². The molecule has 1 atom stereocenters. The summed E-state index contributed by atoms with van der Waals surface area (Å²) in [7, 11) is 0.